The summed E-state index contributed by atoms with van der Waals surface area (Å²) in [4.78, 5) is 16.8. The second-order valence-corrected chi connectivity index (χ2v) is 8.02. The lowest BCUT2D eigenvalue weighted by atomic mass is 9.82. The second kappa shape index (κ2) is 10.6. The molecule has 0 amide bonds. The summed E-state index contributed by atoms with van der Waals surface area (Å²) in [6.45, 7) is -0.312. The third-order valence-electron chi connectivity index (χ3n) is 5.78. The zero-order valence-corrected chi connectivity index (χ0v) is 17.9. The fraction of sp³-hybridized carbons (Fsp3) is 0.259. The van der Waals surface area contributed by atoms with Gasteiger partial charge in [-0.25, -0.2) is 4.79 Å². The van der Waals surface area contributed by atoms with E-state index >= 15 is 0 Å². The van der Waals surface area contributed by atoms with E-state index in [1.807, 2.05) is 54.7 Å². The Labute approximate surface area is 188 Å². The third-order valence-corrected chi connectivity index (χ3v) is 5.78. The lowest BCUT2D eigenvalue weighted by molar-refractivity contribution is -0.139. The smallest absolute Gasteiger partial charge is 0.341 e. The highest BCUT2D eigenvalue weighted by molar-refractivity contribution is 5.68. The molecule has 5 nitrogen and oxygen atoms in total. The number of carboxylic acid groups (broad SMARTS) is 1. The average Bonchev–Trinajstić information content (AvgIpc) is 2.83. The molecule has 32 heavy (non-hydrogen) atoms. The van der Waals surface area contributed by atoms with Gasteiger partial charge in [-0.05, 0) is 59.9 Å². The fourth-order valence-corrected chi connectivity index (χ4v) is 4.19. The maximum Gasteiger partial charge on any atom is 0.341 e. The van der Waals surface area contributed by atoms with Crippen LogP contribution in [-0.2, 0) is 22.5 Å². The van der Waals surface area contributed by atoms with Crippen LogP contribution < -0.4 is 4.74 Å². The number of carboxylic acids is 1. The van der Waals surface area contributed by atoms with Gasteiger partial charge in [-0.15, -0.1) is 0 Å². The molecule has 5 heteroatoms. The van der Waals surface area contributed by atoms with Crippen molar-refractivity contribution in [1.29, 1.82) is 0 Å². The van der Waals surface area contributed by atoms with Gasteiger partial charge in [0.1, 0.15) is 5.75 Å². The van der Waals surface area contributed by atoms with Crippen LogP contribution >= 0.6 is 0 Å². The standard InChI is InChI=1S/C27H27NO4/c29-26(30)19-31-25-13-7-12-23-18-20(14-15-24(23)25)16-17-28-32-27(21-8-3-1-4-9-21)22-10-5-2-6-11-22/h1-13,17,20,27H,14-16,18-19H2,(H,29,30)/b28-17-. The van der Waals surface area contributed by atoms with Crippen molar-refractivity contribution in [2.75, 3.05) is 6.61 Å². The van der Waals surface area contributed by atoms with E-state index in [4.69, 9.17) is 14.7 Å². The Morgan fingerprint density at radius 1 is 1.00 bits per heavy atom. The molecule has 0 saturated carbocycles. The molecule has 4 rings (SSSR count). The molecule has 0 saturated heterocycles. The van der Waals surface area contributed by atoms with Crippen molar-refractivity contribution < 1.29 is 19.5 Å². The molecule has 0 bridgehead atoms. The Hall–Kier alpha value is -3.60. The number of hydrogen-bond acceptors (Lipinski definition) is 4. The Kier molecular flexibility index (Phi) is 7.18. The molecule has 3 aromatic carbocycles. The van der Waals surface area contributed by atoms with Crippen LogP contribution in [-0.4, -0.2) is 23.9 Å². The van der Waals surface area contributed by atoms with Crippen LogP contribution in [0.5, 0.6) is 5.75 Å². The van der Waals surface area contributed by atoms with Crippen LogP contribution in [0.3, 0.4) is 0 Å². The molecule has 1 aliphatic carbocycles. The molecular formula is C27H27NO4. The largest absolute Gasteiger partial charge is 0.482 e. The predicted molar refractivity (Wildman–Crippen MR) is 124 cm³/mol. The quantitative estimate of drug-likeness (QED) is 0.363. The summed E-state index contributed by atoms with van der Waals surface area (Å²) in [6, 6.07) is 26.1. The Bertz CT molecular complexity index is 1010. The predicted octanol–water partition coefficient (Wildman–Crippen LogP) is 5.44. The van der Waals surface area contributed by atoms with Crippen LogP contribution in [0.4, 0.5) is 0 Å². The van der Waals surface area contributed by atoms with E-state index in [9.17, 15) is 4.79 Å². The summed E-state index contributed by atoms with van der Waals surface area (Å²) in [5.41, 5.74) is 4.49. The minimum atomic E-state index is -0.961. The van der Waals surface area contributed by atoms with Crippen molar-refractivity contribution in [1.82, 2.24) is 0 Å². The molecule has 164 valence electrons. The molecule has 0 radical (unpaired) electrons. The number of carbonyl (C=O) groups is 1. The topological polar surface area (TPSA) is 68.1 Å². The normalized spacial score (nSPS) is 15.5. The minimum absolute atomic E-state index is 0.241. The SMILES string of the molecule is O=C(O)COc1cccc2c1CCC(C/C=N\OC(c1ccccc1)c1ccccc1)C2. The molecule has 1 unspecified atom stereocenters. The van der Waals surface area contributed by atoms with Crippen molar-refractivity contribution in [2.24, 2.45) is 11.1 Å². The zero-order chi connectivity index (χ0) is 22.2. The lowest BCUT2D eigenvalue weighted by Gasteiger charge is -2.25. The van der Waals surface area contributed by atoms with Crippen LogP contribution in [0.25, 0.3) is 0 Å². The van der Waals surface area contributed by atoms with E-state index in [1.54, 1.807) is 0 Å². The highest BCUT2D eigenvalue weighted by Gasteiger charge is 2.21. The first kappa shape index (κ1) is 21.6. The molecule has 0 heterocycles. The molecule has 0 aliphatic heterocycles. The molecule has 0 aromatic heterocycles. The molecule has 1 N–H and O–H groups in total. The summed E-state index contributed by atoms with van der Waals surface area (Å²) in [6.07, 6.45) is 5.27. The minimum Gasteiger partial charge on any atom is -0.482 e. The van der Waals surface area contributed by atoms with Crippen molar-refractivity contribution >= 4 is 12.2 Å². The van der Waals surface area contributed by atoms with E-state index in [1.165, 1.54) is 5.56 Å². The summed E-state index contributed by atoms with van der Waals surface area (Å²) >= 11 is 0. The highest BCUT2D eigenvalue weighted by atomic mass is 16.6. The summed E-state index contributed by atoms with van der Waals surface area (Å²) < 4.78 is 5.46. The van der Waals surface area contributed by atoms with Crippen LogP contribution in [0.1, 0.15) is 41.2 Å². The first-order valence-corrected chi connectivity index (χ1v) is 10.9. The van der Waals surface area contributed by atoms with Crippen molar-refractivity contribution in [3.8, 4) is 5.75 Å². The number of fused-ring (bicyclic) bond motifs is 1. The van der Waals surface area contributed by atoms with Crippen LogP contribution in [0.2, 0.25) is 0 Å². The number of nitrogens with zero attached hydrogens (tertiary/aromatic N) is 1. The van der Waals surface area contributed by atoms with Gasteiger partial charge in [0, 0.05) is 6.21 Å². The maximum absolute atomic E-state index is 10.8. The van der Waals surface area contributed by atoms with E-state index < -0.39 is 5.97 Å². The summed E-state index contributed by atoms with van der Waals surface area (Å²) in [7, 11) is 0. The Morgan fingerprint density at radius 3 is 2.34 bits per heavy atom. The van der Waals surface area contributed by atoms with E-state index in [0.29, 0.717) is 11.7 Å². The van der Waals surface area contributed by atoms with Gasteiger partial charge >= 0.3 is 5.97 Å². The highest BCUT2D eigenvalue weighted by Crippen LogP contribution is 2.33. The average molecular weight is 430 g/mol. The first-order valence-electron chi connectivity index (χ1n) is 10.9. The lowest BCUT2D eigenvalue weighted by Crippen LogP contribution is -2.17. The van der Waals surface area contributed by atoms with Gasteiger partial charge < -0.3 is 14.7 Å². The van der Waals surface area contributed by atoms with E-state index in [2.05, 4.69) is 35.5 Å². The number of aliphatic carboxylic acids is 1. The molecule has 3 aromatic rings. The number of benzene rings is 3. The van der Waals surface area contributed by atoms with Gasteiger partial charge in [-0.3, -0.25) is 0 Å². The van der Waals surface area contributed by atoms with Gasteiger partial charge in [-0.1, -0.05) is 78.0 Å². The zero-order valence-electron chi connectivity index (χ0n) is 17.9. The number of ether oxygens (including phenoxy) is 1. The Morgan fingerprint density at radius 2 is 1.69 bits per heavy atom. The van der Waals surface area contributed by atoms with Gasteiger partial charge in [0.15, 0.2) is 12.7 Å². The van der Waals surface area contributed by atoms with Gasteiger partial charge in [0.25, 0.3) is 0 Å². The van der Waals surface area contributed by atoms with Gasteiger partial charge in [0.05, 0.1) is 0 Å². The molecule has 0 fully saturated rings. The molecular weight excluding hydrogens is 402 g/mol. The number of oxime groups is 1. The fourth-order valence-electron chi connectivity index (χ4n) is 4.19. The Balaban J connectivity index is 1.37. The monoisotopic (exact) mass is 429 g/mol. The first-order chi connectivity index (χ1) is 15.7. The van der Waals surface area contributed by atoms with E-state index in [-0.39, 0.29) is 12.7 Å². The third kappa shape index (κ3) is 5.55. The van der Waals surface area contributed by atoms with Crippen molar-refractivity contribution in [3.63, 3.8) is 0 Å². The summed E-state index contributed by atoms with van der Waals surface area (Å²) in [5.74, 6) is 0.196. The maximum atomic E-state index is 10.8. The second-order valence-electron chi connectivity index (χ2n) is 8.02. The molecule has 1 atom stereocenters. The molecule has 0 spiro atoms. The summed E-state index contributed by atoms with van der Waals surface area (Å²) in [5, 5.41) is 13.2. The van der Waals surface area contributed by atoms with Gasteiger partial charge in [0.2, 0.25) is 0 Å². The van der Waals surface area contributed by atoms with Crippen LogP contribution in [0, 0.1) is 5.92 Å². The van der Waals surface area contributed by atoms with E-state index in [0.717, 1.165) is 42.4 Å². The number of rotatable bonds is 9. The van der Waals surface area contributed by atoms with Gasteiger partial charge in [-0.2, -0.15) is 0 Å². The van der Waals surface area contributed by atoms with Crippen molar-refractivity contribution in [3.05, 3.63) is 101 Å². The van der Waals surface area contributed by atoms with Crippen LogP contribution in [0.15, 0.2) is 84.0 Å². The molecule has 1 aliphatic rings. The van der Waals surface area contributed by atoms with Crippen molar-refractivity contribution in [2.45, 2.75) is 31.8 Å². The number of hydrogen-bond donors (Lipinski definition) is 1.